The highest BCUT2D eigenvalue weighted by Crippen LogP contribution is 2.15. The molecule has 0 radical (unpaired) electrons. The zero-order chi connectivity index (χ0) is 9.52. The van der Waals surface area contributed by atoms with E-state index in [2.05, 4.69) is 24.4 Å². The molecule has 0 aliphatic heterocycles. The van der Waals surface area contributed by atoms with Gasteiger partial charge in [0.1, 0.15) is 0 Å². The number of rotatable bonds is 6. The molecule has 0 atom stereocenters. The largest absolute Gasteiger partial charge is 0.380 e. The van der Waals surface area contributed by atoms with E-state index in [0.29, 0.717) is 0 Å². The minimum absolute atomic E-state index is 0.806. The third-order valence-corrected chi connectivity index (χ3v) is 2.85. The van der Waals surface area contributed by atoms with Crippen LogP contribution in [0.15, 0.2) is 12.1 Å². The van der Waals surface area contributed by atoms with Gasteiger partial charge in [0.15, 0.2) is 0 Å². The van der Waals surface area contributed by atoms with Crippen molar-refractivity contribution in [2.45, 2.75) is 13.3 Å². The Kier molecular flexibility index (Phi) is 5.05. The van der Waals surface area contributed by atoms with Crippen molar-refractivity contribution in [3.63, 3.8) is 0 Å². The molecule has 0 saturated heterocycles. The van der Waals surface area contributed by atoms with Crippen LogP contribution in [0.4, 0.5) is 0 Å². The standard InChI is InChI=1S/C10H17NOS/c1-9-3-4-10(13-9)5-7-12-8-6-11-2/h3-4,11H,5-8H2,1-2H3. The molecule has 0 aliphatic carbocycles. The molecule has 0 aromatic carbocycles. The third-order valence-electron chi connectivity index (χ3n) is 1.79. The SMILES string of the molecule is CNCCOCCc1ccc(C)s1. The summed E-state index contributed by atoms with van der Waals surface area (Å²) in [7, 11) is 1.94. The lowest BCUT2D eigenvalue weighted by molar-refractivity contribution is 0.141. The first kappa shape index (κ1) is 10.7. The van der Waals surface area contributed by atoms with E-state index >= 15 is 0 Å². The van der Waals surface area contributed by atoms with Crippen molar-refractivity contribution in [1.82, 2.24) is 5.32 Å². The summed E-state index contributed by atoms with van der Waals surface area (Å²) in [5.41, 5.74) is 0. The Balaban J connectivity index is 2.06. The van der Waals surface area contributed by atoms with Crippen molar-refractivity contribution in [1.29, 1.82) is 0 Å². The fraction of sp³-hybridized carbons (Fsp3) is 0.600. The molecule has 1 heterocycles. The molecule has 1 aromatic rings. The molecule has 0 aliphatic rings. The van der Waals surface area contributed by atoms with Gasteiger partial charge in [0.2, 0.25) is 0 Å². The number of nitrogens with one attached hydrogen (secondary N) is 1. The molecule has 0 fully saturated rings. The quantitative estimate of drug-likeness (QED) is 0.706. The van der Waals surface area contributed by atoms with Gasteiger partial charge >= 0.3 is 0 Å². The van der Waals surface area contributed by atoms with Crippen LogP contribution in [-0.4, -0.2) is 26.8 Å². The molecule has 2 nitrogen and oxygen atoms in total. The van der Waals surface area contributed by atoms with E-state index in [0.717, 1.165) is 26.2 Å². The van der Waals surface area contributed by atoms with Gasteiger partial charge in [-0.1, -0.05) is 0 Å². The molecule has 0 amide bonds. The van der Waals surface area contributed by atoms with Crippen LogP contribution >= 0.6 is 11.3 Å². The van der Waals surface area contributed by atoms with Crippen molar-refractivity contribution >= 4 is 11.3 Å². The average Bonchev–Trinajstić information content (AvgIpc) is 2.51. The fourth-order valence-corrected chi connectivity index (χ4v) is 1.94. The molecule has 0 bridgehead atoms. The molecule has 1 aromatic heterocycles. The van der Waals surface area contributed by atoms with E-state index in [1.807, 2.05) is 18.4 Å². The smallest absolute Gasteiger partial charge is 0.0590 e. The van der Waals surface area contributed by atoms with Crippen LogP contribution in [0.5, 0.6) is 0 Å². The summed E-state index contributed by atoms with van der Waals surface area (Å²) in [6, 6.07) is 4.34. The van der Waals surface area contributed by atoms with Gasteiger partial charge in [-0.25, -0.2) is 0 Å². The van der Waals surface area contributed by atoms with Crippen LogP contribution in [0.25, 0.3) is 0 Å². The second-order valence-corrected chi connectivity index (χ2v) is 4.35. The van der Waals surface area contributed by atoms with Crippen LogP contribution < -0.4 is 5.32 Å². The molecule has 1 N–H and O–H groups in total. The molecule has 3 heteroatoms. The normalized spacial score (nSPS) is 10.6. The summed E-state index contributed by atoms with van der Waals surface area (Å²) in [6.45, 7) is 4.71. The predicted molar refractivity (Wildman–Crippen MR) is 57.5 cm³/mol. The highest BCUT2D eigenvalue weighted by molar-refractivity contribution is 7.11. The highest BCUT2D eigenvalue weighted by Gasteiger charge is 1.95. The van der Waals surface area contributed by atoms with Crippen molar-refractivity contribution < 1.29 is 4.74 Å². The maximum absolute atomic E-state index is 5.43. The monoisotopic (exact) mass is 199 g/mol. The maximum Gasteiger partial charge on any atom is 0.0590 e. The number of aryl methyl sites for hydroxylation is 1. The van der Waals surface area contributed by atoms with Gasteiger partial charge in [-0.05, 0) is 26.1 Å². The number of likely N-dealkylation sites (N-methyl/N-ethyl adjacent to an activating group) is 1. The Morgan fingerprint density at radius 3 is 2.85 bits per heavy atom. The van der Waals surface area contributed by atoms with Crippen LogP contribution in [0, 0.1) is 6.92 Å². The lowest BCUT2D eigenvalue weighted by Gasteiger charge is -2.01. The maximum atomic E-state index is 5.43. The van der Waals surface area contributed by atoms with Gasteiger partial charge in [0.25, 0.3) is 0 Å². The van der Waals surface area contributed by atoms with Crippen molar-refractivity contribution in [2.75, 3.05) is 26.8 Å². The Labute approximate surface area is 83.9 Å². The second-order valence-electron chi connectivity index (χ2n) is 2.98. The van der Waals surface area contributed by atoms with E-state index in [1.165, 1.54) is 9.75 Å². The van der Waals surface area contributed by atoms with Gasteiger partial charge in [-0.2, -0.15) is 0 Å². The van der Waals surface area contributed by atoms with Crippen LogP contribution in [0.2, 0.25) is 0 Å². The van der Waals surface area contributed by atoms with Crippen LogP contribution in [0.3, 0.4) is 0 Å². The average molecular weight is 199 g/mol. The lowest BCUT2D eigenvalue weighted by Crippen LogP contribution is -2.14. The molecule has 0 unspecified atom stereocenters. The zero-order valence-corrected chi connectivity index (χ0v) is 9.12. The Hall–Kier alpha value is -0.380. The van der Waals surface area contributed by atoms with E-state index in [1.54, 1.807) is 0 Å². The number of hydrogen-bond acceptors (Lipinski definition) is 3. The van der Waals surface area contributed by atoms with Gasteiger partial charge in [0, 0.05) is 22.7 Å². The first-order valence-electron chi connectivity index (χ1n) is 4.60. The molecule has 74 valence electrons. The molecular weight excluding hydrogens is 182 g/mol. The molecular formula is C10H17NOS. The first-order valence-corrected chi connectivity index (χ1v) is 5.42. The summed E-state index contributed by atoms with van der Waals surface area (Å²) >= 11 is 1.86. The topological polar surface area (TPSA) is 21.3 Å². The summed E-state index contributed by atoms with van der Waals surface area (Å²) in [5.74, 6) is 0. The van der Waals surface area contributed by atoms with Crippen molar-refractivity contribution in [3.8, 4) is 0 Å². The Morgan fingerprint density at radius 2 is 2.23 bits per heavy atom. The Morgan fingerprint density at radius 1 is 1.38 bits per heavy atom. The zero-order valence-electron chi connectivity index (χ0n) is 8.30. The fourth-order valence-electron chi connectivity index (χ4n) is 1.07. The predicted octanol–water partition coefficient (Wildman–Crippen LogP) is 1.84. The number of thiophene rings is 1. The van der Waals surface area contributed by atoms with Crippen molar-refractivity contribution in [3.05, 3.63) is 21.9 Å². The van der Waals surface area contributed by atoms with E-state index in [4.69, 9.17) is 4.74 Å². The van der Waals surface area contributed by atoms with E-state index in [9.17, 15) is 0 Å². The van der Waals surface area contributed by atoms with E-state index in [-0.39, 0.29) is 0 Å². The summed E-state index contributed by atoms with van der Waals surface area (Å²) in [4.78, 5) is 2.80. The number of hydrogen-bond donors (Lipinski definition) is 1. The van der Waals surface area contributed by atoms with Gasteiger partial charge in [0.05, 0.1) is 13.2 Å². The summed E-state index contributed by atoms with van der Waals surface area (Å²) in [5, 5.41) is 3.05. The van der Waals surface area contributed by atoms with Crippen LogP contribution in [-0.2, 0) is 11.2 Å². The molecule has 1 rings (SSSR count). The van der Waals surface area contributed by atoms with E-state index < -0.39 is 0 Å². The summed E-state index contributed by atoms with van der Waals surface area (Å²) < 4.78 is 5.43. The second kappa shape index (κ2) is 6.13. The van der Waals surface area contributed by atoms with Gasteiger partial charge < -0.3 is 10.1 Å². The number of ether oxygens (including phenoxy) is 1. The lowest BCUT2D eigenvalue weighted by atomic mass is 10.3. The molecule has 13 heavy (non-hydrogen) atoms. The minimum atomic E-state index is 0.806. The first-order chi connectivity index (χ1) is 6.33. The van der Waals surface area contributed by atoms with Crippen molar-refractivity contribution in [2.24, 2.45) is 0 Å². The molecule has 0 saturated carbocycles. The van der Waals surface area contributed by atoms with Gasteiger partial charge in [-0.3, -0.25) is 0 Å². The van der Waals surface area contributed by atoms with Gasteiger partial charge in [-0.15, -0.1) is 11.3 Å². The molecule has 0 spiro atoms. The van der Waals surface area contributed by atoms with Crippen LogP contribution in [0.1, 0.15) is 9.75 Å². The Bertz CT molecular complexity index is 235. The third kappa shape index (κ3) is 4.41. The minimum Gasteiger partial charge on any atom is -0.380 e. The highest BCUT2D eigenvalue weighted by atomic mass is 32.1. The summed E-state index contributed by atoms with van der Waals surface area (Å²) in [6.07, 6.45) is 1.04.